The van der Waals surface area contributed by atoms with Crippen LogP contribution in [0.25, 0.3) is 0 Å². The van der Waals surface area contributed by atoms with Crippen LogP contribution in [-0.4, -0.2) is 140 Å². The third kappa shape index (κ3) is 14.1. The van der Waals surface area contributed by atoms with Crippen molar-refractivity contribution in [1.82, 2.24) is 0 Å². The Balaban J connectivity index is 0. The fourth-order valence-electron chi connectivity index (χ4n) is 4.35. The van der Waals surface area contributed by atoms with Crippen molar-refractivity contribution in [3.63, 3.8) is 0 Å². The highest BCUT2D eigenvalue weighted by molar-refractivity contribution is 9.26. The number of hydrogen-bond acceptors (Lipinski definition) is 18. The molecule has 0 amide bonds. The standard InChI is InChI=1S/C12H30O6S4Si2.C12H30O6S2Si2/c1-9-11(23(13-3,14-4)15-5)19-21-22-20-12(10-2)24(16-6,17-7)18-8;1-9-11(21(13-3,14-4)15-5)19-20-12(10-2)22(16-6,17-7)18-8/h11-12H,9-10H2,1-8H3;11-12H,9-10H2,1-8H3. The number of hydrogen-bond donors (Lipinski definition) is 0. The first-order valence-electron chi connectivity index (χ1n) is 14.6. The Morgan fingerprint density at radius 3 is 0.587 bits per heavy atom. The molecule has 0 aromatic carbocycles. The van der Waals surface area contributed by atoms with Gasteiger partial charge in [0.1, 0.15) is 0 Å². The van der Waals surface area contributed by atoms with Crippen molar-refractivity contribution in [2.45, 2.75) is 72.9 Å². The molecule has 0 radical (unpaired) electrons. The molecular weight excluding hydrogens is 785 g/mol. The minimum atomic E-state index is -2.68. The highest BCUT2D eigenvalue weighted by Crippen LogP contribution is 2.51. The zero-order chi connectivity index (χ0) is 35.9. The van der Waals surface area contributed by atoms with E-state index in [1.54, 1.807) is 148 Å². The van der Waals surface area contributed by atoms with Gasteiger partial charge in [-0.25, -0.2) is 0 Å². The van der Waals surface area contributed by atoms with Gasteiger partial charge in [0.05, 0.1) is 19.5 Å². The summed E-state index contributed by atoms with van der Waals surface area (Å²) >= 11 is 0. The van der Waals surface area contributed by atoms with Crippen LogP contribution < -0.4 is 0 Å². The first kappa shape index (κ1) is 50.6. The molecule has 46 heavy (non-hydrogen) atoms. The second-order valence-electron chi connectivity index (χ2n) is 8.97. The molecule has 0 aromatic heterocycles. The lowest BCUT2D eigenvalue weighted by Gasteiger charge is -2.34. The Labute approximate surface area is 307 Å². The predicted molar refractivity (Wildman–Crippen MR) is 209 cm³/mol. The van der Waals surface area contributed by atoms with Crippen LogP contribution in [-0.2, 0) is 53.1 Å². The molecule has 0 spiro atoms. The summed E-state index contributed by atoms with van der Waals surface area (Å²) in [7, 11) is 19.4. The van der Waals surface area contributed by atoms with Gasteiger partial charge in [0.15, 0.2) is 0 Å². The van der Waals surface area contributed by atoms with Crippen LogP contribution in [0, 0.1) is 0 Å². The summed E-state index contributed by atoms with van der Waals surface area (Å²) in [6, 6.07) is 0. The Morgan fingerprint density at radius 1 is 0.304 bits per heavy atom. The van der Waals surface area contributed by atoms with Crippen molar-refractivity contribution >= 4 is 98.0 Å². The quantitative estimate of drug-likeness (QED) is 0.0467. The van der Waals surface area contributed by atoms with E-state index in [9.17, 15) is 0 Å². The second-order valence-corrected chi connectivity index (χ2v) is 32.1. The molecule has 0 heterocycles. The summed E-state index contributed by atoms with van der Waals surface area (Å²) in [5.41, 5.74) is 0. The Hall–Kier alpha value is 2.49. The Kier molecular flexibility index (Phi) is 30.9. The molecule has 0 N–H and O–H groups in total. The van der Waals surface area contributed by atoms with Crippen molar-refractivity contribution in [2.24, 2.45) is 0 Å². The average Bonchev–Trinajstić information content (AvgIpc) is 3.11. The lowest BCUT2D eigenvalue weighted by Crippen LogP contribution is -2.54. The molecule has 0 aliphatic carbocycles. The van der Waals surface area contributed by atoms with Gasteiger partial charge in [0.2, 0.25) is 0 Å². The van der Waals surface area contributed by atoms with Crippen LogP contribution >= 0.6 is 62.8 Å². The normalized spacial score (nSPS) is 15.7. The van der Waals surface area contributed by atoms with Gasteiger partial charge in [0, 0.05) is 85.3 Å². The molecule has 12 nitrogen and oxygen atoms in total. The fourth-order valence-corrected chi connectivity index (χ4v) is 32.5. The number of rotatable bonds is 28. The van der Waals surface area contributed by atoms with Crippen molar-refractivity contribution in [3.05, 3.63) is 0 Å². The maximum Gasteiger partial charge on any atom is 0.514 e. The molecule has 280 valence electrons. The summed E-state index contributed by atoms with van der Waals surface area (Å²) in [4.78, 5) is 0.600. The molecule has 0 saturated carbocycles. The van der Waals surface area contributed by atoms with E-state index in [1.807, 2.05) is 0 Å². The predicted octanol–water partition coefficient (Wildman–Crippen LogP) is 6.82. The summed E-state index contributed by atoms with van der Waals surface area (Å²) < 4.78 is 67.1. The molecule has 0 fully saturated rings. The van der Waals surface area contributed by atoms with Crippen LogP contribution in [0.2, 0.25) is 0 Å². The van der Waals surface area contributed by atoms with Gasteiger partial charge in [-0.05, 0) is 45.3 Å². The minimum Gasteiger partial charge on any atom is -0.376 e. The summed E-state index contributed by atoms with van der Waals surface area (Å²) in [6.07, 6.45) is 3.60. The highest BCUT2D eigenvalue weighted by Gasteiger charge is 2.52. The third-order valence-electron chi connectivity index (χ3n) is 7.10. The van der Waals surface area contributed by atoms with Crippen molar-refractivity contribution in [2.75, 3.05) is 85.3 Å². The van der Waals surface area contributed by atoms with Gasteiger partial charge in [-0.1, -0.05) is 70.9 Å². The maximum absolute atomic E-state index is 5.60. The third-order valence-corrected chi connectivity index (χ3v) is 35.4. The molecule has 4 unspecified atom stereocenters. The van der Waals surface area contributed by atoms with E-state index in [2.05, 4.69) is 27.7 Å². The Bertz CT molecular complexity index is 642. The van der Waals surface area contributed by atoms with Crippen molar-refractivity contribution in [1.29, 1.82) is 0 Å². The molecule has 0 bridgehead atoms. The second kappa shape index (κ2) is 28.0. The van der Waals surface area contributed by atoms with E-state index in [1.165, 1.54) is 0 Å². The van der Waals surface area contributed by atoms with E-state index < -0.39 is 35.2 Å². The smallest absolute Gasteiger partial charge is 0.376 e. The molecule has 0 aliphatic heterocycles. The summed E-state index contributed by atoms with van der Waals surface area (Å²) in [6.45, 7) is 8.43. The zero-order valence-electron chi connectivity index (χ0n) is 30.5. The van der Waals surface area contributed by atoms with Gasteiger partial charge in [-0.15, -0.1) is 0 Å². The van der Waals surface area contributed by atoms with Crippen LogP contribution in [0.3, 0.4) is 0 Å². The topological polar surface area (TPSA) is 111 Å². The summed E-state index contributed by atoms with van der Waals surface area (Å²) in [5.74, 6) is 0. The van der Waals surface area contributed by atoms with Crippen LogP contribution in [0.5, 0.6) is 0 Å². The molecule has 0 rings (SSSR count). The maximum atomic E-state index is 5.60. The van der Waals surface area contributed by atoms with Crippen LogP contribution in [0.4, 0.5) is 0 Å². The van der Waals surface area contributed by atoms with Gasteiger partial charge >= 0.3 is 35.2 Å². The minimum absolute atomic E-state index is 0.129. The van der Waals surface area contributed by atoms with E-state index in [-0.39, 0.29) is 19.5 Å². The monoisotopic (exact) mass is 844 g/mol. The summed E-state index contributed by atoms with van der Waals surface area (Å²) in [5, 5.41) is 0. The largest absolute Gasteiger partial charge is 0.514 e. The molecule has 22 heteroatoms. The van der Waals surface area contributed by atoms with Crippen molar-refractivity contribution < 1.29 is 53.1 Å². The van der Waals surface area contributed by atoms with Gasteiger partial charge in [-0.3, -0.25) is 0 Å². The zero-order valence-corrected chi connectivity index (χ0v) is 39.4. The first-order valence-corrected chi connectivity index (χ1v) is 29.0. The van der Waals surface area contributed by atoms with E-state index in [0.717, 1.165) is 25.7 Å². The average molecular weight is 845 g/mol. The first-order chi connectivity index (χ1) is 22.0. The fraction of sp³-hybridized carbons (Fsp3) is 1.00. The molecule has 0 aromatic rings. The SMILES string of the molecule is CCC(SSC(CC)[Si](OC)(OC)OC)[Si](OC)(OC)OC.CCC(SSSSC(CC)[Si](OC)(OC)OC)[Si](OC)(OC)OC. The van der Waals surface area contributed by atoms with E-state index in [4.69, 9.17) is 53.1 Å². The lowest BCUT2D eigenvalue weighted by molar-refractivity contribution is 0.120. The van der Waals surface area contributed by atoms with Crippen LogP contribution in [0.1, 0.15) is 53.4 Å². The molecule has 4 atom stereocenters. The highest BCUT2D eigenvalue weighted by atomic mass is 33.7. The molecular formula is C24H60O12S6Si4. The van der Waals surface area contributed by atoms with Crippen molar-refractivity contribution in [3.8, 4) is 0 Å². The van der Waals surface area contributed by atoms with Gasteiger partial charge < -0.3 is 53.1 Å². The van der Waals surface area contributed by atoms with E-state index >= 15 is 0 Å². The molecule has 0 saturated heterocycles. The Morgan fingerprint density at radius 2 is 0.457 bits per heavy atom. The van der Waals surface area contributed by atoms with Crippen LogP contribution in [0.15, 0.2) is 0 Å². The van der Waals surface area contributed by atoms with E-state index in [0.29, 0.717) is 0 Å². The van der Waals surface area contributed by atoms with Gasteiger partial charge in [-0.2, -0.15) is 0 Å². The lowest BCUT2D eigenvalue weighted by atomic mass is 10.6. The van der Waals surface area contributed by atoms with Gasteiger partial charge in [0.25, 0.3) is 0 Å². The molecule has 0 aliphatic rings.